The summed E-state index contributed by atoms with van der Waals surface area (Å²) < 4.78 is 19.1. The zero-order valence-corrected chi connectivity index (χ0v) is 8.86. The predicted octanol–water partition coefficient (Wildman–Crippen LogP) is 3.06. The van der Waals surface area contributed by atoms with E-state index in [2.05, 4.69) is 0 Å². The van der Waals surface area contributed by atoms with Crippen molar-refractivity contribution >= 4 is 0 Å². The molecule has 0 aliphatic carbocycles. The molecule has 1 aliphatic heterocycles. The van der Waals surface area contributed by atoms with Crippen LogP contribution in [0.5, 0.6) is 5.75 Å². The standard InChI is InChI=1S/C12H15FO/c1-12(2,3)11-8-6-7-14-10(8)5-4-9(11)13/h4-5H,6-7H2,1-3H3. The lowest BCUT2D eigenvalue weighted by Crippen LogP contribution is -2.16. The molecular formula is C12H15FO. The fourth-order valence-electron chi connectivity index (χ4n) is 2.06. The van der Waals surface area contributed by atoms with E-state index in [1.807, 2.05) is 20.8 Å². The van der Waals surface area contributed by atoms with Crippen LogP contribution in [0.25, 0.3) is 0 Å². The van der Waals surface area contributed by atoms with E-state index in [9.17, 15) is 4.39 Å². The minimum atomic E-state index is -0.150. The smallest absolute Gasteiger partial charge is 0.127 e. The van der Waals surface area contributed by atoms with Gasteiger partial charge in [-0.3, -0.25) is 0 Å². The monoisotopic (exact) mass is 194 g/mol. The lowest BCUT2D eigenvalue weighted by Gasteiger charge is -2.22. The number of hydrogen-bond acceptors (Lipinski definition) is 1. The molecule has 1 aromatic rings. The van der Waals surface area contributed by atoms with Gasteiger partial charge in [-0.2, -0.15) is 0 Å². The molecule has 14 heavy (non-hydrogen) atoms. The summed E-state index contributed by atoms with van der Waals surface area (Å²) in [6, 6.07) is 3.23. The van der Waals surface area contributed by atoms with Crippen molar-refractivity contribution in [2.24, 2.45) is 0 Å². The fourth-order valence-corrected chi connectivity index (χ4v) is 2.06. The highest BCUT2D eigenvalue weighted by molar-refractivity contribution is 5.46. The van der Waals surface area contributed by atoms with E-state index in [1.165, 1.54) is 6.07 Å². The van der Waals surface area contributed by atoms with Crippen LogP contribution in [-0.4, -0.2) is 6.61 Å². The summed E-state index contributed by atoms with van der Waals surface area (Å²) in [6.07, 6.45) is 0.833. The van der Waals surface area contributed by atoms with Crippen molar-refractivity contribution in [1.82, 2.24) is 0 Å². The van der Waals surface area contributed by atoms with Crippen LogP contribution in [0.2, 0.25) is 0 Å². The van der Waals surface area contributed by atoms with Crippen LogP contribution in [-0.2, 0) is 11.8 Å². The minimum absolute atomic E-state index is 0.109. The first-order valence-electron chi connectivity index (χ1n) is 4.95. The molecule has 0 fully saturated rings. The van der Waals surface area contributed by atoms with Gasteiger partial charge in [0.25, 0.3) is 0 Å². The quantitative estimate of drug-likeness (QED) is 0.616. The summed E-state index contributed by atoms with van der Waals surface area (Å²) >= 11 is 0. The Bertz CT molecular complexity index is 363. The van der Waals surface area contributed by atoms with Crippen molar-refractivity contribution in [2.75, 3.05) is 6.61 Å². The summed E-state index contributed by atoms with van der Waals surface area (Å²) in [6.45, 7) is 6.78. The molecule has 1 aliphatic rings. The summed E-state index contributed by atoms with van der Waals surface area (Å²) in [5, 5.41) is 0. The second kappa shape index (κ2) is 2.97. The molecule has 0 bridgehead atoms. The van der Waals surface area contributed by atoms with Crippen LogP contribution < -0.4 is 4.74 Å². The second-order valence-corrected chi connectivity index (χ2v) is 4.75. The van der Waals surface area contributed by atoms with Gasteiger partial charge < -0.3 is 4.74 Å². The van der Waals surface area contributed by atoms with Gasteiger partial charge in [0.05, 0.1) is 6.61 Å². The van der Waals surface area contributed by atoms with Crippen molar-refractivity contribution in [3.05, 3.63) is 29.1 Å². The van der Waals surface area contributed by atoms with Gasteiger partial charge in [-0.25, -0.2) is 4.39 Å². The molecule has 1 nitrogen and oxygen atoms in total. The molecule has 0 amide bonds. The molecule has 0 saturated carbocycles. The Balaban J connectivity index is 2.63. The van der Waals surface area contributed by atoms with Gasteiger partial charge in [0, 0.05) is 17.5 Å². The SMILES string of the molecule is CC(C)(C)c1c(F)ccc2c1CCO2. The molecule has 0 aromatic heterocycles. The Morgan fingerprint density at radius 3 is 2.64 bits per heavy atom. The van der Waals surface area contributed by atoms with Crippen LogP contribution in [0, 0.1) is 5.82 Å². The van der Waals surface area contributed by atoms with Gasteiger partial charge in [0.1, 0.15) is 11.6 Å². The third-order valence-corrected chi connectivity index (χ3v) is 2.58. The Labute approximate surface area is 83.9 Å². The normalized spacial score (nSPS) is 15.1. The number of ether oxygens (including phenoxy) is 1. The van der Waals surface area contributed by atoms with Gasteiger partial charge >= 0.3 is 0 Å². The maximum atomic E-state index is 13.7. The summed E-state index contributed by atoms with van der Waals surface area (Å²) in [7, 11) is 0. The first kappa shape index (κ1) is 9.50. The van der Waals surface area contributed by atoms with Gasteiger partial charge in [-0.15, -0.1) is 0 Å². The summed E-state index contributed by atoms with van der Waals surface area (Å²) in [4.78, 5) is 0. The molecule has 0 saturated heterocycles. The van der Waals surface area contributed by atoms with E-state index < -0.39 is 0 Å². The van der Waals surface area contributed by atoms with E-state index in [0.29, 0.717) is 6.61 Å². The summed E-state index contributed by atoms with van der Waals surface area (Å²) in [5.74, 6) is 0.748. The lowest BCUT2D eigenvalue weighted by molar-refractivity contribution is 0.356. The van der Waals surface area contributed by atoms with Gasteiger partial charge in [-0.05, 0) is 17.5 Å². The third-order valence-electron chi connectivity index (χ3n) is 2.58. The molecule has 0 N–H and O–H groups in total. The maximum Gasteiger partial charge on any atom is 0.127 e. The Morgan fingerprint density at radius 1 is 1.29 bits per heavy atom. The van der Waals surface area contributed by atoms with Crippen LogP contribution in [0.1, 0.15) is 31.9 Å². The fraction of sp³-hybridized carbons (Fsp3) is 0.500. The number of halogens is 1. The van der Waals surface area contributed by atoms with Crippen LogP contribution in [0.3, 0.4) is 0 Å². The van der Waals surface area contributed by atoms with Crippen molar-refractivity contribution in [1.29, 1.82) is 0 Å². The molecule has 76 valence electrons. The summed E-state index contributed by atoms with van der Waals surface area (Å²) in [5.41, 5.74) is 1.72. The molecule has 1 heterocycles. The van der Waals surface area contributed by atoms with Gasteiger partial charge in [0.2, 0.25) is 0 Å². The highest BCUT2D eigenvalue weighted by Gasteiger charge is 2.27. The predicted molar refractivity (Wildman–Crippen MR) is 54.3 cm³/mol. The Hall–Kier alpha value is -1.05. The molecule has 2 rings (SSSR count). The van der Waals surface area contributed by atoms with Gasteiger partial charge in [-0.1, -0.05) is 20.8 Å². The van der Waals surface area contributed by atoms with Crippen LogP contribution in [0.15, 0.2) is 12.1 Å². The molecule has 0 unspecified atom stereocenters. The first-order chi connectivity index (χ1) is 6.50. The lowest BCUT2D eigenvalue weighted by atomic mass is 9.82. The number of benzene rings is 1. The van der Waals surface area contributed by atoms with Crippen molar-refractivity contribution in [2.45, 2.75) is 32.6 Å². The van der Waals surface area contributed by atoms with Crippen molar-refractivity contribution in [3.8, 4) is 5.75 Å². The van der Waals surface area contributed by atoms with E-state index in [1.54, 1.807) is 6.07 Å². The largest absolute Gasteiger partial charge is 0.493 e. The molecule has 0 atom stereocenters. The Kier molecular flexibility index (Phi) is 2.02. The van der Waals surface area contributed by atoms with Crippen LogP contribution in [0.4, 0.5) is 4.39 Å². The zero-order chi connectivity index (χ0) is 10.3. The molecule has 2 heteroatoms. The molecule has 1 aromatic carbocycles. The molecule has 0 radical (unpaired) electrons. The average Bonchev–Trinajstić information content (AvgIpc) is 2.48. The van der Waals surface area contributed by atoms with E-state index >= 15 is 0 Å². The molecular weight excluding hydrogens is 179 g/mol. The first-order valence-corrected chi connectivity index (χ1v) is 4.95. The van der Waals surface area contributed by atoms with Crippen molar-refractivity contribution < 1.29 is 9.13 Å². The maximum absolute atomic E-state index is 13.7. The third kappa shape index (κ3) is 1.39. The zero-order valence-electron chi connectivity index (χ0n) is 8.86. The Morgan fingerprint density at radius 2 is 2.00 bits per heavy atom. The highest BCUT2D eigenvalue weighted by atomic mass is 19.1. The number of fused-ring (bicyclic) bond motifs is 1. The van der Waals surface area contributed by atoms with E-state index in [-0.39, 0.29) is 11.2 Å². The van der Waals surface area contributed by atoms with E-state index in [4.69, 9.17) is 4.74 Å². The number of rotatable bonds is 0. The number of hydrogen-bond donors (Lipinski definition) is 0. The van der Waals surface area contributed by atoms with E-state index in [0.717, 1.165) is 23.3 Å². The second-order valence-electron chi connectivity index (χ2n) is 4.75. The van der Waals surface area contributed by atoms with Crippen molar-refractivity contribution in [3.63, 3.8) is 0 Å². The highest BCUT2D eigenvalue weighted by Crippen LogP contribution is 2.36. The minimum Gasteiger partial charge on any atom is -0.493 e. The molecule has 0 spiro atoms. The van der Waals surface area contributed by atoms with Crippen LogP contribution >= 0.6 is 0 Å². The average molecular weight is 194 g/mol. The van der Waals surface area contributed by atoms with Gasteiger partial charge in [0.15, 0.2) is 0 Å². The topological polar surface area (TPSA) is 9.23 Å².